The van der Waals surface area contributed by atoms with E-state index in [0.717, 1.165) is 16.0 Å². The first kappa shape index (κ1) is 28.2. The number of carbonyl (C=O) groups is 3. The Morgan fingerprint density at radius 1 is 1.18 bits per heavy atom. The minimum Gasteiger partial charge on any atom is -0.456 e. The molecule has 2 N–H and O–H groups in total. The number of amides is 2. The van der Waals surface area contributed by atoms with E-state index in [0.29, 0.717) is 16.2 Å². The first-order chi connectivity index (χ1) is 18.5. The van der Waals surface area contributed by atoms with Crippen LogP contribution in [0.5, 0.6) is 0 Å². The third kappa shape index (κ3) is 5.65. The molecule has 2 amide bonds. The smallest absolute Gasteiger partial charge is 0.355 e. The molecule has 12 heteroatoms. The van der Waals surface area contributed by atoms with Gasteiger partial charge in [-0.2, -0.15) is 0 Å². The van der Waals surface area contributed by atoms with Gasteiger partial charge in [-0.05, 0) is 44.9 Å². The molecule has 2 heterocycles. The van der Waals surface area contributed by atoms with Gasteiger partial charge in [-0.3, -0.25) is 14.5 Å². The fourth-order valence-electron chi connectivity index (χ4n) is 4.29. The van der Waals surface area contributed by atoms with Crippen LogP contribution in [0.3, 0.4) is 0 Å². The number of halogens is 1. The molecule has 4 rings (SSSR count). The van der Waals surface area contributed by atoms with Crippen LogP contribution in [0.1, 0.15) is 41.1 Å². The third-order valence-electron chi connectivity index (χ3n) is 6.12. The van der Waals surface area contributed by atoms with Crippen molar-refractivity contribution < 1.29 is 32.4 Å². The number of hydrogen-bond acceptors (Lipinski definition) is 7. The van der Waals surface area contributed by atoms with E-state index in [1.807, 2.05) is 25.1 Å². The van der Waals surface area contributed by atoms with Crippen LogP contribution in [0.4, 0.5) is 0 Å². The van der Waals surface area contributed by atoms with Gasteiger partial charge in [-0.25, -0.2) is 9.00 Å². The number of aromatic nitrogens is 1. The molecule has 0 radical (unpaired) electrons. The molecule has 0 spiro atoms. The van der Waals surface area contributed by atoms with E-state index >= 15 is 0 Å². The molecule has 1 aliphatic heterocycles. The van der Waals surface area contributed by atoms with Crippen molar-refractivity contribution >= 4 is 40.5 Å². The molecule has 1 fully saturated rings. The Labute approximate surface area is 232 Å². The van der Waals surface area contributed by atoms with Crippen LogP contribution >= 0.6 is 11.6 Å². The molecule has 0 aliphatic carbocycles. The fourth-order valence-corrected chi connectivity index (χ4v) is 5.33. The monoisotopic (exact) mass is 571 g/mol. The maximum absolute atomic E-state index is 13.3. The number of rotatable bonds is 8. The van der Waals surface area contributed by atoms with Crippen molar-refractivity contribution in [3.05, 3.63) is 87.3 Å². The molecular weight excluding hydrogens is 546 g/mol. The molecule has 204 valence electrons. The summed E-state index contributed by atoms with van der Waals surface area (Å²) in [7, 11) is 0. The lowest BCUT2D eigenvalue weighted by Crippen LogP contribution is -2.72. The van der Waals surface area contributed by atoms with Crippen molar-refractivity contribution in [1.29, 1.82) is 0 Å². The van der Waals surface area contributed by atoms with E-state index in [2.05, 4.69) is 10.5 Å². The first-order valence-corrected chi connectivity index (χ1v) is 13.4. The summed E-state index contributed by atoms with van der Waals surface area (Å²) in [6.07, 6.45) is 0. The maximum Gasteiger partial charge on any atom is 0.355 e. The SMILES string of the molecule is CC(C)=C(C(=O)OCc1cccc(C)c1)N1C(=O)C(NC(=O)c2c(-c3ccccc3Cl)noc2C)C1S(=O)O. The second kappa shape index (κ2) is 11.5. The van der Waals surface area contributed by atoms with Gasteiger partial charge in [-0.15, -0.1) is 0 Å². The Morgan fingerprint density at radius 3 is 2.54 bits per heavy atom. The Kier molecular flexibility index (Phi) is 8.34. The van der Waals surface area contributed by atoms with Crippen molar-refractivity contribution in [3.63, 3.8) is 0 Å². The second-order valence-electron chi connectivity index (χ2n) is 9.18. The molecular formula is C27H26ClN3O7S. The van der Waals surface area contributed by atoms with E-state index in [9.17, 15) is 23.1 Å². The van der Waals surface area contributed by atoms with E-state index in [1.165, 1.54) is 6.92 Å². The molecule has 2 aromatic carbocycles. The maximum atomic E-state index is 13.3. The summed E-state index contributed by atoms with van der Waals surface area (Å²) in [6.45, 7) is 6.53. The highest BCUT2D eigenvalue weighted by Gasteiger charge is 2.55. The number of aryl methyl sites for hydroxylation is 2. The molecule has 1 aliphatic rings. The number of β-lactam (4-membered cyclic amide) rings is 1. The summed E-state index contributed by atoms with van der Waals surface area (Å²) >= 11 is 3.64. The number of benzene rings is 2. The minimum absolute atomic E-state index is 0.0248. The van der Waals surface area contributed by atoms with Crippen LogP contribution in [-0.4, -0.2) is 48.0 Å². The van der Waals surface area contributed by atoms with E-state index in [4.69, 9.17) is 20.9 Å². The number of allylic oxidation sites excluding steroid dienone is 1. The van der Waals surface area contributed by atoms with Gasteiger partial charge in [0.05, 0.1) is 5.02 Å². The molecule has 39 heavy (non-hydrogen) atoms. The highest BCUT2D eigenvalue weighted by molar-refractivity contribution is 7.80. The van der Waals surface area contributed by atoms with Crippen molar-refractivity contribution in [2.75, 3.05) is 0 Å². The Hall–Kier alpha value is -3.80. The van der Waals surface area contributed by atoms with Crippen molar-refractivity contribution in [2.45, 2.75) is 45.7 Å². The summed E-state index contributed by atoms with van der Waals surface area (Å²) in [5.41, 5.74) is 2.59. The summed E-state index contributed by atoms with van der Waals surface area (Å²) in [5, 5.41) is 5.34. The highest BCUT2D eigenvalue weighted by atomic mass is 35.5. The van der Waals surface area contributed by atoms with E-state index < -0.39 is 40.3 Å². The summed E-state index contributed by atoms with van der Waals surface area (Å²) in [5.74, 6) is -2.16. The number of esters is 1. The van der Waals surface area contributed by atoms with Crippen LogP contribution in [-0.2, 0) is 32.0 Å². The second-order valence-corrected chi connectivity index (χ2v) is 10.6. The molecule has 1 saturated heterocycles. The standard InChI is InChI=1S/C27H26ClN3O7S/c1-14(2)23(27(34)37-13-17-9-7-8-15(3)12-17)31-25(33)22(26(31)39(35)36)29-24(32)20-16(4)38-30-21(20)18-10-5-6-11-19(18)28/h5-12,22,26H,13H2,1-4H3,(H,29,32)(H,35,36). The average molecular weight is 572 g/mol. The van der Waals surface area contributed by atoms with Gasteiger partial charge in [0.1, 0.15) is 35.4 Å². The predicted octanol–water partition coefficient (Wildman–Crippen LogP) is 4.14. The zero-order valence-electron chi connectivity index (χ0n) is 21.6. The Balaban J connectivity index is 1.55. The zero-order chi connectivity index (χ0) is 28.4. The zero-order valence-corrected chi connectivity index (χ0v) is 23.1. The molecule has 3 atom stereocenters. The number of hydrogen-bond donors (Lipinski definition) is 2. The van der Waals surface area contributed by atoms with Gasteiger partial charge in [0.25, 0.3) is 11.8 Å². The van der Waals surface area contributed by atoms with Gasteiger partial charge >= 0.3 is 5.97 Å². The van der Waals surface area contributed by atoms with Gasteiger partial charge in [0.2, 0.25) is 0 Å². The van der Waals surface area contributed by atoms with Gasteiger partial charge in [0, 0.05) is 5.56 Å². The number of likely N-dealkylation sites (tertiary alicyclic amines) is 1. The number of ether oxygens (including phenoxy) is 1. The molecule has 3 unspecified atom stereocenters. The Bertz CT molecular complexity index is 1510. The van der Waals surface area contributed by atoms with Crippen molar-refractivity contribution in [1.82, 2.24) is 15.4 Å². The van der Waals surface area contributed by atoms with Crippen molar-refractivity contribution in [3.8, 4) is 11.3 Å². The van der Waals surface area contributed by atoms with Crippen molar-refractivity contribution in [2.24, 2.45) is 0 Å². The van der Waals surface area contributed by atoms with Crippen LogP contribution in [0.15, 0.2) is 64.3 Å². The lowest BCUT2D eigenvalue weighted by atomic mass is 10.0. The quantitative estimate of drug-likeness (QED) is 0.178. The fraction of sp³-hybridized carbons (Fsp3) is 0.259. The van der Waals surface area contributed by atoms with Crippen LogP contribution in [0, 0.1) is 13.8 Å². The van der Waals surface area contributed by atoms with Crippen LogP contribution in [0.2, 0.25) is 5.02 Å². The van der Waals surface area contributed by atoms with Gasteiger partial charge < -0.3 is 19.1 Å². The molecule has 10 nitrogen and oxygen atoms in total. The van der Waals surface area contributed by atoms with E-state index in [1.54, 1.807) is 44.2 Å². The summed E-state index contributed by atoms with van der Waals surface area (Å²) in [4.78, 5) is 40.4. The molecule has 3 aromatic rings. The normalized spacial score (nSPS) is 17.3. The van der Waals surface area contributed by atoms with Crippen LogP contribution in [0.25, 0.3) is 11.3 Å². The highest BCUT2D eigenvalue weighted by Crippen LogP contribution is 2.33. The molecule has 0 bridgehead atoms. The van der Waals surface area contributed by atoms with Gasteiger partial charge in [0.15, 0.2) is 16.5 Å². The van der Waals surface area contributed by atoms with Gasteiger partial charge in [-0.1, -0.05) is 64.8 Å². The van der Waals surface area contributed by atoms with Crippen LogP contribution < -0.4 is 5.32 Å². The lowest BCUT2D eigenvalue weighted by Gasteiger charge is -2.45. The molecule has 1 aromatic heterocycles. The molecule has 0 saturated carbocycles. The predicted molar refractivity (Wildman–Crippen MR) is 144 cm³/mol. The topological polar surface area (TPSA) is 139 Å². The number of nitrogens with zero attached hydrogens (tertiary/aromatic N) is 2. The third-order valence-corrected chi connectivity index (χ3v) is 7.34. The first-order valence-electron chi connectivity index (χ1n) is 11.9. The number of carbonyl (C=O) groups excluding carboxylic acids is 3. The number of nitrogens with one attached hydrogen (secondary N) is 1. The lowest BCUT2D eigenvalue weighted by molar-refractivity contribution is -0.152. The summed E-state index contributed by atoms with van der Waals surface area (Å²) in [6, 6.07) is 12.7. The Morgan fingerprint density at radius 2 is 1.90 bits per heavy atom. The average Bonchev–Trinajstić information content (AvgIpc) is 3.27. The van der Waals surface area contributed by atoms with E-state index in [-0.39, 0.29) is 29.3 Å². The largest absolute Gasteiger partial charge is 0.456 e. The minimum atomic E-state index is -2.63. The summed E-state index contributed by atoms with van der Waals surface area (Å²) < 4.78 is 33.0.